The molecule has 1 aromatic rings. The lowest BCUT2D eigenvalue weighted by molar-refractivity contribution is -0.134. The Morgan fingerprint density at radius 2 is 1.91 bits per heavy atom. The molecule has 0 saturated carbocycles. The molecule has 130 valence electrons. The van der Waals surface area contributed by atoms with Crippen LogP contribution < -0.4 is 10.2 Å². The summed E-state index contributed by atoms with van der Waals surface area (Å²) in [5, 5.41) is 3.34. The molecule has 5 nitrogen and oxygen atoms in total. The second kappa shape index (κ2) is 9.67. The minimum Gasteiger partial charge on any atom is -0.353 e. The number of piperidine rings is 1. The van der Waals surface area contributed by atoms with Gasteiger partial charge in [-0.15, -0.1) is 24.8 Å². The van der Waals surface area contributed by atoms with E-state index in [0.29, 0.717) is 0 Å². The number of anilines is 1. The number of hydrogen-bond donors (Lipinski definition) is 1. The van der Waals surface area contributed by atoms with Crippen molar-refractivity contribution < 1.29 is 4.79 Å². The average Bonchev–Trinajstić information content (AvgIpc) is 2.56. The van der Waals surface area contributed by atoms with E-state index in [1.807, 2.05) is 23.2 Å². The number of hydrogen-bond acceptors (Lipinski definition) is 4. The zero-order valence-electron chi connectivity index (χ0n) is 12.9. The summed E-state index contributed by atoms with van der Waals surface area (Å²) < 4.78 is 0.989. The Morgan fingerprint density at radius 1 is 1.17 bits per heavy atom. The molecule has 8 heteroatoms. The van der Waals surface area contributed by atoms with Crippen LogP contribution in [0.25, 0.3) is 0 Å². The molecule has 0 bridgehead atoms. The van der Waals surface area contributed by atoms with Crippen LogP contribution >= 0.6 is 40.7 Å². The molecular formula is C15H23BrCl2N4O. The number of nitrogens with one attached hydrogen (secondary N) is 1. The molecule has 0 aromatic carbocycles. The summed E-state index contributed by atoms with van der Waals surface area (Å²) in [6, 6.07) is 4.06. The molecule has 2 saturated heterocycles. The first kappa shape index (κ1) is 20.5. The van der Waals surface area contributed by atoms with Crippen molar-refractivity contribution in [3.8, 4) is 0 Å². The molecule has 1 aromatic heterocycles. The lowest BCUT2D eigenvalue weighted by Crippen LogP contribution is -2.55. The molecular weight excluding hydrogens is 403 g/mol. The normalized spacial score (nSPS) is 21.2. The first-order valence-corrected chi connectivity index (χ1v) is 8.42. The van der Waals surface area contributed by atoms with Crippen molar-refractivity contribution >= 4 is 52.5 Å². The molecule has 0 radical (unpaired) electrons. The molecule has 2 fully saturated rings. The zero-order valence-corrected chi connectivity index (χ0v) is 16.1. The molecule has 1 N–H and O–H groups in total. The number of nitrogens with zero attached hydrogens (tertiary/aromatic N) is 3. The summed E-state index contributed by atoms with van der Waals surface area (Å²) in [4.78, 5) is 21.1. The van der Waals surface area contributed by atoms with Crippen LogP contribution in [0.5, 0.6) is 0 Å². The largest absolute Gasteiger partial charge is 0.353 e. The lowest BCUT2D eigenvalue weighted by Gasteiger charge is -2.37. The second-order valence-corrected chi connectivity index (χ2v) is 6.57. The van der Waals surface area contributed by atoms with Gasteiger partial charge >= 0.3 is 0 Å². The van der Waals surface area contributed by atoms with E-state index in [2.05, 4.69) is 31.1 Å². The number of halogens is 3. The van der Waals surface area contributed by atoms with Gasteiger partial charge in [0.2, 0.25) is 5.91 Å². The van der Waals surface area contributed by atoms with Crippen molar-refractivity contribution in [1.29, 1.82) is 0 Å². The van der Waals surface area contributed by atoms with Gasteiger partial charge in [-0.3, -0.25) is 4.79 Å². The van der Waals surface area contributed by atoms with Crippen molar-refractivity contribution in [1.82, 2.24) is 15.2 Å². The first-order valence-electron chi connectivity index (χ1n) is 7.63. The van der Waals surface area contributed by atoms with E-state index in [-0.39, 0.29) is 36.8 Å². The molecule has 0 unspecified atom stereocenters. The summed E-state index contributed by atoms with van der Waals surface area (Å²) >= 11 is 3.40. The van der Waals surface area contributed by atoms with E-state index in [1.54, 1.807) is 0 Å². The smallest absolute Gasteiger partial charge is 0.239 e. The van der Waals surface area contributed by atoms with Crippen LogP contribution in [0.15, 0.2) is 22.8 Å². The third-order valence-corrected chi connectivity index (χ3v) is 4.70. The van der Waals surface area contributed by atoms with Gasteiger partial charge in [-0.05, 0) is 47.4 Å². The Morgan fingerprint density at radius 3 is 2.48 bits per heavy atom. The summed E-state index contributed by atoms with van der Waals surface area (Å²) in [5.41, 5.74) is 0. The number of aromatic nitrogens is 1. The van der Waals surface area contributed by atoms with Gasteiger partial charge in [0.25, 0.3) is 0 Å². The van der Waals surface area contributed by atoms with Crippen LogP contribution in [-0.4, -0.2) is 54.6 Å². The number of rotatable bonds is 2. The van der Waals surface area contributed by atoms with Crippen molar-refractivity contribution in [2.75, 3.05) is 37.6 Å². The Balaban J connectivity index is 0.00000132. The number of amides is 1. The van der Waals surface area contributed by atoms with Gasteiger partial charge in [0.15, 0.2) is 0 Å². The quantitative estimate of drug-likeness (QED) is 0.790. The van der Waals surface area contributed by atoms with Crippen LogP contribution in [0, 0.1) is 0 Å². The van der Waals surface area contributed by atoms with Crippen molar-refractivity contribution in [2.45, 2.75) is 25.3 Å². The van der Waals surface area contributed by atoms with Crippen LogP contribution in [0.4, 0.5) is 5.82 Å². The van der Waals surface area contributed by atoms with E-state index in [1.165, 1.54) is 6.42 Å². The second-order valence-electron chi connectivity index (χ2n) is 5.65. The number of piperazine rings is 1. The molecule has 1 amide bonds. The van der Waals surface area contributed by atoms with E-state index in [0.717, 1.165) is 55.9 Å². The van der Waals surface area contributed by atoms with E-state index >= 15 is 0 Å². The van der Waals surface area contributed by atoms with Crippen LogP contribution in [-0.2, 0) is 4.79 Å². The fourth-order valence-electron chi connectivity index (χ4n) is 2.99. The Labute approximate surface area is 158 Å². The van der Waals surface area contributed by atoms with E-state index in [9.17, 15) is 4.79 Å². The summed E-state index contributed by atoms with van der Waals surface area (Å²) in [6.07, 6.45) is 5.14. The molecule has 23 heavy (non-hydrogen) atoms. The third kappa shape index (κ3) is 5.21. The highest BCUT2D eigenvalue weighted by molar-refractivity contribution is 9.10. The Kier molecular flexibility index (Phi) is 8.61. The minimum atomic E-state index is 0. The molecule has 1 atom stereocenters. The molecule has 3 heterocycles. The van der Waals surface area contributed by atoms with Crippen molar-refractivity contribution in [2.24, 2.45) is 0 Å². The molecule has 3 rings (SSSR count). The molecule has 0 aliphatic carbocycles. The van der Waals surface area contributed by atoms with Crippen molar-refractivity contribution in [3.05, 3.63) is 22.8 Å². The SMILES string of the molecule is Cl.Cl.O=C([C@@H]1CCCCN1)N1CCN(c2ccc(Br)cn2)CC1. The van der Waals surface area contributed by atoms with Gasteiger partial charge in [-0.25, -0.2) is 4.98 Å². The average molecular weight is 426 g/mol. The van der Waals surface area contributed by atoms with Gasteiger partial charge < -0.3 is 15.1 Å². The van der Waals surface area contributed by atoms with Gasteiger partial charge in [0.05, 0.1) is 6.04 Å². The van der Waals surface area contributed by atoms with E-state index < -0.39 is 0 Å². The number of carbonyl (C=O) groups is 1. The number of carbonyl (C=O) groups excluding carboxylic acids is 1. The predicted molar refractivity (Wildman–Crippen MR) is 101 cm³/mol. The van der Waals surface area contributed by atoms with Gasteiger partial charge in [-0.2, -0.15) is 0 Å². The van der Waals surface area contributed by atoms with Crippen LogP contribution in [0.3, 0.4) is 0 Å². The third-order valence-electron chi connectivity index (χ3n) is 4.24. The van der Waals surface area contributed by atoms with E-state index in [4.69, 9.17) is 0 Å². The monoisotopic (exact) mass is 424 g/mol. The van der Waals surface area contributed by atoms with Crippen LogP contribution in [0.2, 0.25) is 0 Å². The fourth-order valence-corrected chi connectivity index (χ4v) is 3.23. The molecule has 0 spiro atoms. The molecule has 2 aliphatic heterocycles. The van der Waals surface area contributed by atoms with Gasteiger partial charge in [-0.1, -0.05) is 6.42 Å². The molecule has 2 aliphatic rings. The Hall–Kier alpha value is -0.560. The zero-order chi connectivity index (χ0) is 14.7. The van der Waals surface area contributed by atoms with Gasteiger partial charge in [0.1, 0.15) is 5.82 Å². The number of pyridine rings is 1. The minimum absolute atomic E-state index is 0. The van der Waals surface area contributed by atoms with Crippen LogP contribution in [0.1, 0.15) is 19.3 Å². The van der Waals surface area contributed by atoms with Gasteiger partial charge in [0, 0.05) is 36.8 Å². The maximum absolute atomic E-state index is 12.5. The maximum atomic E-state index is 12.5. The summed E-state index contributed by atoms with van der Waals surface area (Å²) in [7, 11) is 0. The van der Waals surface area contributed by atoms with Crippen molar-refractivity contribution in [3.63, 3.8) is 0 Å². The highest BCUT2D eigenvalue weighted by Crippen LogP contribution is 2.17. The highest BCUT2D eigenvalue weighted by Gasteiger charge is 2.28. The Bertz CT molecular complexity index is 489. The standard InChI is InChI=1S/C15H21BrN4O.2ClH/c16-12-4-5-14(18-11-12)19-7-9-20(10-8-19)15(21)13-3-1-2-6-17-13;;/h4-5,11,13,17H,1-3,6-10H2;2*1H/t13-;;/m0../s1. The summed E-state index contributed by atoms with van der Waals surface area (Å²) in [5.74, 6) is 1.26. The lowest BCUT2D eigenvalue weighted by atomic mass is 10.0. The fraction of sp³-hybridized carbons (Fsp3) is 0.600. The predicted octanol–water partition coefficient (Wildman–Crippen LogP) is 2.48. The highest BCUT2D eigenvalue weighted by atomic mass is 79.9. The topological polar surface area (TPSA) is 48.5 Å². The summed E-state index contributed by atoms with van der Waals surface area (Å²) in [6.45, 7) is 4.25. The first-order chi connectivity index (χ1) is 10.2. The maximum Gasteiger partial charge on any atom is 0.239 e.